The molecule has 2 aliphatic heterocycles. The fraction of sp³-hybridized carbons (Fsp3) is 0.812. The second kappa shape index (κ2) is 6.07. The molecule has 1 aromatic rings. The number of nitrogens with zero attached hydrogens (tertiary/aromatic N) is 4. The molecular weight excluding hydrogens is 264 g/mol. The van der Waals surface area contributed by atoms with E-state index in [4.69, 9.17) is 9.84 Å². The number of aryl methyl sites for hydroxylation is 1. The predicted molar refractivity (Wildman–Crippen MR) is 83.5 cm³/mol. The van der Waals surface area contributed by atoms with E-state index < -0.39 is 0 Å². The first kappa shape index (κ1) is 15.0. The summed E-state index contributed by atoms with van der Waals surface area (Å²) in [4.78, 5) is 5.12. The molecule has 2 fully saturated rings. The van der Waals surface area contributed by atoms with E-state index in [0.29, 0.717) is 12.0 Å². The Hall–Kier alpha value is -0.910. The van der Waals surface area contributed by atoms with Crippen molar-refractivity contribution in [3.05, 3.63) is 17.0 Å². The van der Waals surface area contributed by atoms with Gasteiger partial charge >= 0.3 is 0 Å². The molecule has 0 amide bonds. The van der Waals surface area contributed by atoms with E-state index in [2.05, 4.69) is 37.6 Å². The van der Waals surface area contributed by atoms with Crippen LogP contribution in [0, 0.1) is 6.92 Å². The molecule has 118 valence electrons. The lowest BCUT2D eigenvalue weighted by Gasteiger charge is -2.42. The summed E-state index contributed by atoms with van der Waals surface area (Å²) in [6, 6.07) is 0.676. The Kier molecular flexibility index (Phi) is 4.33. The smallest absolute Gasteiger partial charge is 0.0802 e. The average Bonchev–Trinajstić information content (AvgIpc) is 2.65. The fourth-order valence-corrected chi connectivity index (χ4v) is 3.49. The Bertz CT molecular complexity index is 485. The van der Waals surface area contributed by atoms with E-state index in [1.807, 2.05) is 4.68 Å². The highest BCUT2D eigenvalue weighted by atomic mass is 16.5. The van der Waals surface area contributed by atoms with E-state index in [0.717, 1.165) is 45.9 Å². The maximum Gasteiger partial charge on any atom is 0.0802 e. The fourth-order valence-electron chi connectivity index (χ4n) is 3.49. The maximum absolute atomic E-state index is 5.30. The van der Waals surface area contributed by atoms with Crippen LogP contribution in [0.25, 0.3) is 0 Å². The lowest BCUT2D eigenvalue weighted by molar-refractivity contribution is -0.0774. The minimum atomic E-state index is 0.544. The van der Waals surface area contributed by atoms with Crippen molar-refractivity contribution in [3.63, 3.8) is 0 Å². The predicted octanol–water partition coefficient (Wildman–Crippen LogP) is 1.37. The zero-order valence-electron chi connectivity index (χ0n) is 13.8. The summed E-state index contributed by atoms with van der Waals surface area (Å²) < 4.78 is 7.33. The third kappa shape index (κ3) is 3.00. The Morgan fingerprint density at radius 1 is 1.19 bits per heavy atom. The number of aromatic nitrogens is 2. The third-order valence-electron chi connectivity index (χ3n) is 4.95. The summed E-state index contributed by atoms with van der Waals surface area (Å²) in [6.07, 6.45) is 0. The van der Waals surface area contributed by atoms with Gasteiger partial charge < -0.3 is 4.74 Å². The van der Waals surface area contributed by atoms with E-state index >= 15 is 0 Å². The number of piperazine rings is 1. The van der Waals surface area contributed by atoms with Crippen LogP contribution >= 0.6 is 0 Å². The van der Waals surface area contributed by atoms with Crippen molar-refractivity contribution in [3.8, 4) is 0 Å². The molecule has 0 unspecified atom stereocenters. The highest BCUT2D eigenvalue weighted by Gasteiger charge is 2.29. The quantitative estimate of drug-likeness (QED) is 0.839. The summed E-state index contributed by atoms with van der Waals surface area (Å²) in [5, 5.41) is 4.75. The van der Waals surface area contributed by atoms with Crippen molar-refractivity contribution in [2.75, 3.05) is 39.4 Å². The highest BCUT2D eigenvalue weighted by Crippen LogP contribution is 2.24. The molecule has 3 heterocycles. The summed E-state index contributed by atoms with van der Waals surface area (Å²) in [6.45, 7) is 14.2. The molecule has 21 heavy (non-hydrogen) atoms. The second-order valence-electron chi connectivity index (χ2n) is 6.73. The first-order valence-corrected chi connectivity index (χ1v) is 8.12. The molecule has 1 aromatic heterocycles. The van der Waals surface area contributed by atoms with Crippen LogP contribution in [0.2, 0.25) is 0 Å². The summed E-state index contributed by atoms with van der Waals surface area (Å²) in [5.74, 6) is 0.544. The zero-order chi connectivity index (χ0) is 15.0. The molecule has 0 aliphatic carbocycles. The molecule has 0 radical (unpaired) electrons. The first-order chi connectivity index (χ1) is 10.1. The van der Waals surface area contributed by atoms with Crippen LogP contribution in [0.3, 0.4) is 0 Å². The van der Waals surface area contributed by atoms with Gasteiger partial charge in [0.2, 0.25) is 0 Å². The van der Waals surface area contributed by atoms with E-state index in [1.54, 1.807) is 0 Å². The van der Waals surface area contributed by atoms with Gasteiger partial charge in [0.15, 0.2) is 0 Å². The number of ether oxygens (including phenoxy) is 1. The largest absolute Gasteiger partial charge is 0.378 e. The van der Waals surface area contributed by atoms with Gasteiger partial charge in [0, 0.05) is 51.0 Å². The minimum absolute atomic E-state index is 0.544. The van der Waals surface area contributed by atoms with Crippen LogP contribution in [0.4, 0.5) is 0 Å². The monoisotopic (exact) mass is 292 g/mol. The lowest BCUT2D eigenvalue weighted by atomic mass is 10.0. The van der Waals surface area contributed by atoms with Crippen molar-refractivity contribution in [1.82, 2.24) is 19.6 Å². The minimum Gasteiger partial charge on any atom is -0.378 e. The summed E-state index contributed by atoms with van der Waals surface area (Å²) in [7, 11) is 2.05. The third-order valence-corrected chi connectivity index (χ3v) is 4.95. The van der Waals surface area contributed by atoms with Gasteiger partial charge in [0.25, 0.3) is 0 Å². The molecule has 5 heteroatoms. The Morgan fingerprint density at radius 3 is 2.38 bits per heavy atom. The molecule has 0 aromatic carbocycles. The SMILES string of the molecule is Cc1c(C(C)C)c(CN2CCN(C3COC3)CC2)nn1C. The Labute approximate surface area is 127 Å². The molecule has 0 N–H and O–H groups in total. The Balaban J connectivity index is 1.61. The van der Waals surface area contributed by atoms with Crippen molar-refractivity contribution in [2.45, 2.75) is 39.3 Å². The van der Waals surface area contributed by atoms with Crippen molar-refractivity contribution < 1.29 is 4.74 Å². The van der Waals surface area contributed by atoms with Gasteiger partial charge in [-0.05, 0) is 12.8 Å². The highest BCUT2D eigenvalue weighted by molar-refractivity contribution is 5.28. The molecule has 0 spiro atoms. The number of hydrogen-bond donors (Lipinski definition) is 0. The van der Waals surface area contributed by atoms with Crippen LogP contribution in [0.5, 0.6) is 0 Å². The maximum atomic E-state index is 5.30. The molecule has 2 saturated heterocycles. The molecule has 0 atom stereocenters. The molecular formula is C16H28N4O. The standard InChI is InChI=1S/C16H28N4O/c1-12(2)16-13(3)18(4)17-15(16)9-19-5-7-20(8-6-19)14-10-21-11-14/h12,14H,5-11H2,1-4H3. The summed E-state index contributed by atoms with van der Waals surface area (Å²) in [5.41, 5.74) is 4.02. The van der Waals surface area contributed by atoms with E-state index in [-0.39, 0.29) is 0 Å². The van der Waals surface area contributed by atoms with Crippen LogP contribution in [-0.4, -0.2) is 65.0 Å². The van der Waals surface area contributed by atoms with Crippen LogP contribution in [-0.2, 0) is 18.3 Å². The lowest BCUT2D eigenvalue weighted by Crippen LogP contribution is -2.56. The molecule has 3 rings (SSSR count). The Morgan fingerprint density at radius 2 is 1.86 bits per heavy atom. The van der Waals surface area contributed by atoms with Gasteiger partial charge in [0.05, 0.1) is 24.9 Å². The molecule has 2 aliphatic rings. The van der Waals surface area contributed by atoms with Gasteiger partial charge in [-0.3, -0.25) is 14.5 Å². The zero-order valence-corrected chi connectivity index (χ0v) is 13.8. The van der Waals surface area contributed by atoms with Gasteiger partial charge in [0.1, 0.15) is 0 Å². The van der Waals surface area contributed by atoms with Gasteiger partial charge in [-0.15, -0.1) is 0 Å². The van der Waals surface area contributed by atoms with Crippen molar-refractivity contribution in [1.29, 1.82) is 0 Å². The first-order valence-electron chi connectivity index (χ1n) is 8.12. The summed E-state index contributed by atoms with van der Waals surface area (Å²) >= 11 is 0. The van der Waals surface area contributed by atoms with Gasteiger partial charge in [-0.25, -0.2) is 0 Å². The van der Waals surface area contributed by atoms with E-state index in [1.165, 1.54) is 17.0 Å². The number of rotatable bonds is 4. The van der Waals surface area contributed by atoms with Gasteiger partial charge in [-0.2, -0.15) is 5.10 Å². The molecule has 0 bridgehead atoms. The molecule has 5 nitrogen and oxygen atoms in total. The van der Waals surface area contributed by atoms with Crippen LogP contribution in [0.15, 0.2) is 0 Å². The molecule has 0 saturated carbocycles. The van der Waals surface area contributed by atoms with E-state index in [9.17, 15) is 0 Å². The van der Waals surface area contributed by atoms with Crippen molar-refractivity contribution in [2.24, 2.45) is 7.05 Å². The van der Waals surface area contributed by atoms with Gasteiger partial charge in [-0.1, -0.05) is 13.8 Å². The number of hydrogen-bond acceptors (Lipinski definition) is 4. The topological polar surface area (TPSA) is 33.5 Å². The van der Waals surface area contributed by atoms with Crippen LogP contribution in [0.1, 0.15) is 36.7 Å². The van der Waals surface area contributed by atoms with Crippen molar-refractivity contribution >= 4 is 0 Å². The normalized spacial score (nSPS) is 22.0. The second-order valence-corrected chi connectivity index (χ2v) is 6.73. The van der Waals surface area contributed by atoms with Crippen LogP contribution < -0.4 is 0 Å². The average molecular weight is 292 g/mol.